The minimum Gasteiger partial charge on any atom is -0.353 e. The van der Waals surface area contributed by atoms with Crippen molar-refractivity contribution in [2.75, 3.05) is 19.6 Å². The van der Waals surface area contributed by atoms with Gasteiger partial charge in [-0.05, 0) is 48.0 Å². The van der Waals surface area contributed by atoms with Crippen molar-refractivity contribution in [3.63, 3.8) is 0 Å². The maximum Gasteiger partial charge on any atom is 0.245 e. The van der Waals surface area contributed by atoms with Gasteiger partial charge in [0.25, 0.3) is 0 Å². The fourth-order valence-corrected chi connectivity index (χ4v) is 2.35. The lowest BCUT2D eigenvalue weighted by atomic mass is 10.1. The first-order chi connectivity index (χ1) is 11.6. The Hall–Kier alpha value is -2.06. The van der Waals surface area contributed by atoms with E-state index in [2.05, 4.69) is 33.1 Å². The zero-order valence-electron chi connectivity index (χ0n) is 14.4. The highest BCUT2D eigenvalue weighted by Crippen LogP contribution is 2.15. The Balaban J connectivity index is 0.00000312. The number of carbonyl (C=O) groups excluding carboxylic acids is 1. The van der Waals surface area contributed by atoms with Crippen molar-refractivity contribution in [1.82, 2.24) is 30.8 Å². The van der Waals surface area contributed by atoms with E-state index in [4.69, 9.17) is 0 Å². The molecule has 0 aliphatic heterocycles. The molecule has 25 heavy (non-hydrogen) atoms. The van der Waals surface area contributed by atoms with Gasteiger partial charge in [-0.25, -0.2) is 9.07 Å². The minimum absolute atomic E-state index is 0. The minimum atomic E-state index is -0.573. The Bertz CT molecular complexity index is 648. The normalized spacial score (nSPS) is 11.6. The molecule has 1 amide bonds. The third kappa shape index (κ3) is 6.39. The lowest BCUT2D eigenvalue weighted by Gasteiger charge is -2.17. The largest absolute Gasteiger partial charge is 0.353 e. The molecule has 0 saturated heterocycles. The summed E-state index contributed by atoms with van der Waals surface area (Å²) in [6.45, 7) is 5.98. The second-order valence-corrected chi connectivity index (χ2v) is 5.56. The second kappa shape index (κ2) is 10.7. The molecule has 2 N–H and O–H groups in total. The van der Waals surface area contributed by atoms with Crippen LogP contribution in [0.1, 0.15) is 30.8 Å². The van der Waals surface area contributed by atoms with Crippen molar-refractivity contribution in [3.05, 3.63) is 41.5 Å². The first kappa shape index (κ1) is 21.0. The quantitative estimate of drug-likeness (QED) is 0.652. The van der Waals surface area contributed by atoms with Crippen LogP contribution in [-0.2, 0) is 11.2 Å². The molecular weight excluding hydrogens is 347 g/mol. The molecule has 138 valence electrons. The summed E-state index contributed by atoms with van der Waals surface area (Å²) >= 11 is 0. The van der Waals surface area contributed by atoms with E-state index in [9.17, 15) is 9.18 Å². The summed E-state index contributed by atoms with van der Waals surface area (Å²) < 4.78 is 14.6. The highest BCUT2D eigenvalue weighted by atomic mass is 35.5. The number of tetrazole rings is 1. The summed E-state index contributed by atoms with van der Waals surface area (Å²) in [5.74, 6) is 0.0924. The summed E-state index contributed by atoms with van der Waals surface area (Å²) in [4.78, 5) is 12.6. The van der Waals surface area contributed by atoms with Crippen LogP contribution < -0.4 is 10.6 Å². The molecule has 0 fully saturated rings. The molecule has 7 nitrogen and oxygen atoms in total. The number of amides is 1. The molecule has 0 radical (unpaired) electrons. The second-order valence-electron chi connectivity index (χ2n) is 5.56. The topological polar surface area (TPSA) is 84.7 Å². The Kier molecular flexibility index (Phi) is 9.01. The molecule has 1 aromatic heterocycles. The maximum atomic E-state index is 13.1. The Morgan fingerprint density at radius 2 is 1.96 bits per heavy atom. The Morgan fingerprint density at radius 3 is 2.56 bits per heavy atom. The van der Waals surface area contributed by atoms with Gasteiger partial charge in [-0.15, -0.1) is 17.5 Å². The molecule has 0 saturated carbocycles. The highest BCUT2D eigenvalue weighted by molar-refractivity contribution is 5.85. The summed E-state index contributed by atoms with van der Waals surface area (Å²) in [5, 5.41) is 17.5. The van der Waals surface area contributed by atoms with Crippen LogP contribution in [0.25, 0.3) is 0 Å². The van der Waals surface area contributed by atoms with Gasteiger partial charge in [0.2, 0.25) is 5.91 Å². The lowest BCUT2D eigenvalue weighted by molar-refractivity contribution is -0.124. The fraction of sp³-hybridized carbons (Fsp3) is 0.500. The number of aromatic nitrogens is 4. The number of nitrogens with one attached hydrogen (secondary N) is 2. The van der Waals surface area contributed by atoms with E-state index >= 15 is 0 Å². The summed E-state index contributed by atoms with van der Waals surface area (Å²) in [6.07, 6.45) is 1.44. The van der Waals surface area contributed by atoms with Crippen LogP contribution in [0.3, 0.4) is 0 Å². The molecule has 1 atom stereocenters. The van der Waals surface area contributed by atoms with Crippen molar-refractivity contribution in [2.45, 2.75) is 32.7 Å². The molecule has 2 rings (SSSR count). The molecule has 0 aliphatic rings. The van der Waals surface area contributed by atoms with Crippen LogP contribution >= 0.6 is 12.4 Å². The van der Waals surface area contributed by atoms with Gasteiger partial charge in [-0.1, -0.05) is 19.1 Å². The van der Waals surface area contributed by atoms with Crippen molar-refractivity contribution in [3.8, 4) is 0 Å². The van der Waals surface area contributed by atoms with Gasteiger partial charge in [-0.2, -0.15) is 0 Å². The number of benzene rings is 1. The van der Waals surface area contributed by atoms with E-state index in [1.165, 1.54) is 16.8 Å². The summed E-state index contributed by atoms with van der Waals surface area (Å²) in [5.41, 5.74) is 0.843. The number of aryl methyl sites for hydroxylation is 1. The number of carbonyl (C=O) groups is 1. The number of hydrogen-bond acceptors (Lipinski definition) is 5. The standard InChI is InChI=1S/C16H23FN6O.ClH/c1-3-8-18-9-10-19-16(24)15(23-12(2)20-21-22-23)11-13-4-6-14(17)7-5-13;/h4-7,15,18H,3,8-11H2,1-2H3,(H,19,24);1H. The van der Waals surface area contributed by atoms with Crippen LogP contribution in [0.15, 0.2) is 24.3 Å². The number of rotatable bonds is 9. The number of hydrogen-bond donors (Lipinski definition) is 2. The van der Waals surface area contributed by atoms with Gasteiger partial charge in [-0.3, -0.25) is 4.79 Å². The third-order valence-corrected chi connectivity index (χ3v) is 3.63. The summed E-state index contributed by atoms with van der Waals surface area (Å²) in [6, 6.07) is 5.52. The smallest absolute Gasteiger partial charge is 0.245 e. The molecule has 1 aromatic carbocycles. The van der Waals surface area contributed by atoms with E-state index < -0.39 is 6.04 Å². The van der Waals surface area contributed by atoms with Gasteiger partial charge in [0, 0.05) is 19.5 Å². The molecule has 0 bridgehead atoms. The number of nitrogens with zero attached hydrogens (tertiary/aromatic N) is 4. The average Bonchev–Trinajstić information content (AvgIpc) is 2.99. The highest BCUT2D eigenvalue weighted by Gasteiger charge is 2.23. The first-order valence-corrected chi connectivity index (χ1v) is 8.09. The van der Waals surface area contributed by atoms with Crippen molar-refractivity contribution < 1.29 is 9.18 Å². The van der Waals surface area contributed by atoms with Crippen molar-refractivity contribution in [1.29, 1.82) is 0 Å². The van der Waals surface area contributed by atoms with E-state index in [1.54, 1.807) is 19.1 Å². The van der Waals surface area contributed by atoms with Gasteiger partial charge in [0.05, 0.1) is 0 Å². The number of halogens is 2. The van der Waals surface area contributed by atoms with Crippen LogP contribution in [0.5, 0.6) is 0 Å². The zero-order valence-corrected chi connectivity index (χ0v) is 15.2. The monoisotopic (exact) mass is 370 g/mol. The molecular formula is C16H24ClFN6O. The van der Waals surface area contributed by atoms with Crippen molar-refractivity contribution in [2.24, 2.45) is 0 Å². The van der Waals surface area contributed by atoms with E-state index in [0.717, 1.165) is 18.5 Å². The van der Waals surface area contributed by atoms with Crippen molar-refractivity contribution >= 4 is 18.3 Å². The van der Waals surface area contributed by atoms with Crippen LogP contribution in [-0.4, -0.2) is 45.7 Å². The predicted molar refractivity (Wildman–Crippen MR) is 95.1 cm³/mol. The van der Waals surface area contributed by atoms with Gasteiger partial charge < -0.3 is 10.6 Å². The average molecular weight is 371 g/mol. The predicted octanol–water partition coefficient (Wildman–Crippen LogP) is 1.44. The maximum absolute atomic E-state index is 13.1. The Morgan fingerprint density at radius 1 is 1.24 bits per heavy atom. The van der Waals surface area contributed by atoms with Gasteiger partial charge in [0.15, 0.2) is 0 Å². The van der Waals surface area contributed by atoms with Gasteiger partial charge in [0.1, 0.15) is 17.7 Å². The lowest BCUT2D eigenvalue weighted by Crippen LogP contribution is -2.38. The van der Waals surface area contributed by atoms with Gasteiger partial charge >= 0.3 is 0 Å². The van der Waals surface area contributed by atoms with E-state index in [0.29, 0.717) is 25.3 Å². The molecule has 1 unspecified atom stereocenters. The molecule has 1 heterocycles. The Labute approximate surface area is 152 Å². The van der Waals surface area contributed by atoms with E-state index in [-0.39, 0.29) is 24.1 Å². The fourth-order valence-electron chi connectivity index (χ4n) is 2.35. The van der Waals surface area contributed by atoms with Crippen LogP contribution in [0, 0.1) is 12.7 Å². The SMILES string of the molecule is CCCNCCNC(=O)C(Cc1ccc(F)cc1)n1nnnc1C.Cl. The molecule has 2 aromatic rings. The third-order valence-electron chi connectivity index (χ3n) is 3.63. The van der Waals surface area contributed by atoms with Crippen LogP contribution in [0.4, 0.5) is 4.39 Å². The molecule has 0 aliphatic carbocycles. The summed E-state index contributed by atoms with van der Waals surface area (Å²) in [7, 11) is 0. The molecule has 0 spiro atoms. The van der Waals surface area contributed by atoms with Crippen LogP contribution in [0.2, 0.25) is 0 Å². The first-order valence-electron chi connectivity index (χ1n) is 8.09. The molecule has 9 heteroatoms. The zero-order chi connectivity index (χ0) is 17.4. The van der Waals surface area contributed by atoms with E-state index in [1.807, 2.05) is 0 Å².